The molecule has 10 heteroatoms. The highest BCUT2D eigenvalue weighted by molar-refractivity contribution is 5.48. The predicted molar refractivity (Wildman–Crippen MR) is 86.9 cm³/mol. The molecule has 0 atom stereocenters. The van der Waals surface area contributed by atoms with Crippen LogP contribution in [0.5, 0.6) is 11.8 Å². The van der Waals surface area contributed by atoms with Gasteiger partial charge in [0, 0.05) is 24.3 Å². The van der Waals surface area contributed by atoms with E-state index >= 15 is 0 Å². The van der Waals surface area contributed by atoms with Gasteiger partial charge in [0.15, 0.2) is 0 Å². The van der Waals surface area contributed by atoms with E-state index in [0.29, 0.717) is 5.69 Å². The first-order chi connectivity index (χ1) is 12.4. The Morgan fingerprint density at radius 3 is 2.42 bits per heavy atom. The fourth-order valence-corrected chi connectivity index (χ4v) is 1.76. The number of anilines is 1. The molecule has 1 heterocycles. The molecule has 0 fully saturated rings. The zero-order valence-electron chi connectivity index (χ0n) is 13.7. The highest BCUT2D eigenvalue weighted by Crippen LogP contribution is 2.24. The summed E-state index contributed by atoms with van der Waals surface area (Å²) in [7, 11) is 0. The Balaban J connectivity index is 1.90. The van der Waals surface area contributed by atoms with E-state index in [1.807, 2.05) is 6.92 Å². The number of nitrogens with one attached hydrogen (secondary N) is 2. The molecule has 0 bridgehead atoms. The van der Waals surface area contributed by atoms with Crippen molar-refractivity contribution in [1.29, 1.82) is 5.53 Å². The minimum atomic E-state index is -4.74. The monoisotopic (exact) mass is 367 g/mol. The van der Waals surface area contributed by atoms with Gasteiger partial charge in [0.2, 0.25) is 0 Å². The van der Waals surface area contributed by atoms with Crippen LogP contribution in [0.15, 0.2) is 53.7 Å². The van der Waals surface area contributed by atoms with E-state index < -0.39 is 6.36 Å². The van der Waals surface area contributed by atoms with E-state index in [1.54, 1.807) is 12.4 Å². The van der Waals surface area contributed by atoms with Crippen molar-refractivity contribution in [2.75, 3.05) is 11.9 Å². The average molecular weight is 367 g/mol. The van der Waals surface area contributed by atoms with Gasteiger partial charge in [-0.15, -0.1) is 13.2 Å². The van der Waals surface area contributed by atoms with Crippen LogP contribution in [0.3, 0.4) is 0 Å². The molecule has 2 N–H and O–H groups in total. The van der Waals surface area contributed by atoms with E-state index in [-0.39, 0.29) is 24.1 Å². The zero-order chi connectivity index (χ0) is 19.0. The number of nitrogens with zero attached hydrogens (tertiary/aromatic N) is 3. The standard InChI is InChI=1S/C16H16F3N5O2/c1-2-11-7-22-15(23-8-11)25-10-13(24-20)9-21-12-3-5-14(6-4-12)26-16(17,18)19/h3-9,20-21H,2,10H2,1H3/b13-9-,24-20?. The molecule has 7 nitrogen and oxygen atoms in total. The van der Waals surface area contributed by atoms with Crippen molar-refractivity contribution in [3.8, 4) is 11.8 Å². The molecule has 0 saturated carbocycles. The topological polar surface area (TPSA) is 92.5 Å². The first-order valence-corrected chi connectivity index (χ1v) is 7.52. The van der Waals surface area contributed by atoms with Crippen LogP contribution in [0.2, 0.25) is 0 Å². The van der Waals surface area contributed by atoms with Gasteiger partial charge in [0.1, 0.15) is 18.1 Å². The van der Waals surface area contributed by atoms with E-state index in [4.69, 9.17) is 10.3 Å². The number of hydrogen-bond donors (Lipinski definition) is 2. The predicted octanol–water partition coefficient (Wildman–Crippen LogP) is 4.30. The second-order valence-corrected chi connectivity index (χ2v) is 4.98. The molecule has 0 amide bonds. The van der Waals surface area contributed by atoms with Crippen LogP contribution in [-0.4, -0.2) is 22.9 Å². The van der Waals surface area contributed by atoms with Crippen LogP contribution in [-0.2, 0) is 6.42 Å². The first-order valence-electron chi connectivity index (χ1n) is 7.52. The number of aromatic nitrogens is 2. The normalized spacial score (nSPS) is 11.8. The summed E-state index contributed by atoms with van der Waals surface area (Å²) in [5, 5.41) is 6.12. The lowest BCUT2D eigenvalue weighted by atomic mass is 10.3. The summed E-state index contributed by atoms with van der Waals surface area (Å²) >= 11 is 0. The largest absolute Gasteiger partial charge is 0.573 e. The molecular formula is C16H16F3N5O2. The van der Waals surface area contributed by atoms with E-state index in [2.05, 4.69) is 25.1 Å². The van der Waals surface area contributed by atoms with Crippen molar-refractivity contribution < 1.29 is 22.6 Å². The van der Waals surface area contributed by atoms with Crippen molar-refractivity contribution in [2.45, 2.75) is 19.7 Å². The van der Waals surface area contributed by atoms with Crippen LogP contribution < -0.4 is 14.8 Å². The van der Waals surface area contributed by atoms with Crippen molar-refractivity contribution >= 4 is 5.69 Å². The Hall–Kier alpha value is -3.17. The number of hydrogen-bond acceptors (Lipinski definition) is 7. The van der Waals surface area contributed by atoms with Crippen LogP contribution in [0.1, 0.15) is 12.5 Å². The van der Waals surface area contributed by atoms with Gasteiger partial charge in [-0.05, 0) is 36.2 Å². The van der Waals surface area contributed by atoms with Gasteiger partial charge in [-0.1, -0.05) is 6.92 Å². The summed E-state index contributed by atoms with van der Waals surface area (Å²) in [6, 6.07) is 5.28. The molecular weight excluding hydrogens is 351 g/mol. The number of ether oxygens (including phenoxy) is 2. The Morgan fingerprint density at radius 1 is 1.23 bits per heavy atom. The summed E-state index contributed by atoms with van der Waals surface area (Å²) < 4.78 is 45.4. The van der Waals surface area contributed by atoms with Gasteiger partial charge in [-0.2, -0.15) is 5.11 Å². The number of aryl methyl sites for hydroxylation is 1. The summed E-state index contributed by atoms with van der Waals surface area (Å²) in [5.74, 6) is -0.326. The molecule has 0 saturated heterocycles. The molecule has 0 unspecified atom stereocenters. The highest BCUT2D eigenvalue weighted by Gasteiger charge is 2.30. The number of alkyl halides is 3. The molecule has 138 valence electrons. The number of rotatable bonds is 8. The first kappa shape index (κ1) is 19.2. The van der Waals surface area contributed by atoms with Gasteiger partial charge in [0.25, 0.3) is 0 Å². The van der Waals surface area contributed by atoms with Crippen molar-refractivity contribution in [3.05, 3.63) is 54.1 Å². The molecule has 26 heavy (non-hydrogen) atoms. The second kappa shape index (κ2) is 8.79. The van der Waals surface area contributed by atoms with Crippen molar-refractivity contribution in [3.63, 3.8) is 0 Å². The second-order valence-electron chi connectivity index (χ2n) is 4.98. The zero-order valence-corrected chi connectivity index (χ0v) is 13.7. The maximum Gasteiger partial charge on any atom is 0.573 e. The van der Waals surface area contributed by atoms with Crippen molar-refractivity contribution in [2.24, 2.45) is 5.11 Å². The van der Waals surface area contributed by atoms with Crippen LogP contribution in [0.25, 0.3) is 0 Å². The fraction of sp³-hybridized carbons (Fsp3) is 0.250. The summed E-state index contributed by atoms with van der Waals surface area (Å²) in [5.41, 5.74) is 8.84. The lowest BCUT2D eigenvalue weighted by Crippen LogP contribution is -2.16. The highest BCUT2D eigenvalue weighted by atomic mass is 19.4. The lowest BCUT2D eigenvalue weighted by Gasteiger charge is -2.09. The summed E-state index contributed by atoms with van der Waals surface area (Å²) in [6.45, 7) is 1.93. The van der Waals surface area contributed by atoms with Gasteiger partial charge in [-0.3, -0.25) is 0 Å². The van der Waals surface area contributed by atoms with Gasteiger partial charge < -0.3 is 14.8 Å². The number of benzene rings is 1. The van der Waals surface area contributed by atoms with Crippen LogP contribution in [0.4, 0.5) is 18.9 Å². The Bertz CT molecular complexity index is 746. The summed E-state index contributed by atoms with van der Waals surface area (Å²) in [6.07, 6.45) is 0.761. The smallest absolute Gasteiger partial charge is 0.457 e. The van der Waals surface area contributed by atoms with E-state index in [9.17, 15) is 13.2 Å². The molecule has 0 aliphatic heterocycles. The van der Waals surface area contributed by atoms with Crippen LogP contribution >= 0.6 is 0 Å². The lowest BCUT2D eigenvalue weighted by molar-refractivity contribution is -0.274. The van der Waals surface area contributed by atoms with Gasteiger partial charge >= 0.3 is 12.4 Å². The maximum atomic E-state index is 12.1. The minimum Gasteiger partial charge on any atom is -0.457 e. The molecule has 2 aromatic rings. The molecule has 0 aliphatic rings. The van der Waals surface area contributed by atoms with E-state index in [0.717, 1.165) is 12.0 Å². The molecule has 1 aromatic heterocycles. The molecule has 0 radical (unpaired) electrons. The Labute approximate surface area is 147 Å². The molecule has 1 aromatic carbocycles. The summed E-state index contributed by atoms with van der Waals surface area (Å²) in [4.78, 5) is 8.05. The molecule has 0 aliphatic carbocycles. The minimum absolute atomic E-state index is 0.0444. The third kappa shape index (κ3) is 6.38. The Morgan fingerprint density at radius 2 is 1.88 bits per heavy atom. The average Bonchev–Trinajstić information content (AvgIpc) is 2.62. The quantitative estimate of drug-likeness (QED) is 0.679. The SMILES string of the molecule is CCc1cnc(OC/C(=C/Nc2ccc(OC(F)(F)F)cc2)N=N)nc1. The van der Waals surface area contributed by atoms with Gasteiger partial charge in [-0.25, -0.2) is 15.5 Å². The molecule has 2 rings (SSSR count). The Kier molecular flexibility index (Phi) is 6.48. The van der Waals surface area contributed by atoms with E-state index in [1.165, 1.54) is 30.5 Å². The van der Waals surface area contributed by atoms with Gasteiger partial charge in [0.05, 0.1) is 0 Å². The maximum absolute atomic E-state index is 12.1. The third-order valence-corrected chi connectivity index (χ3v) is 3.08. The third-order valence-electron chi connectivity index (χ3n) is 3.08. The fourth-order valence-electron chi connectivity index (χ4n) is 1.76. The molecule has 0 spiro atoms. The number of halogens is 3. The van der Waals surface area contributed by atoms with Crippen LogP contribution in [0, 0.1) is 5.53 Å². The van der Waals surface area contributed by atoms with Crippen molar-refractivity contribution in [1.82, 2.24) is 9.97 Å².